The van der Waals surface area contributed by atoms with Gasteiger partial charge in [0.2, 0.25) is 0 Å². The van der Waals surface area contributed by atoms with Crippen LogP contribution in [0, 0.1) is 5.92 Å². The summed E-state index contributed by atoms with van der Waals surface area (Å²) in [6.07, 6.45) is 5.13. The molecule has 1 fully saturated rings. The minimum atomic E-state index is -0.505. The van der Waals surface area contributed by atoms with Gasteiger partial charge in [0, 0.05) is 51.2 Å². The molecule has 5 rings (SSSR count). The lowest BCUT2D eigenvalue weighted by molar-refractivity contribution is 0.0766. The van der Waals surface area contributed by atoms with E-state index < -0.39 is 6.04 Å². The molecule has 0 amide bonds. The van der Waals surface area contributed by atoms with E-state index in [4.69, 9.17) is 0 Å². The van der Waals surface area contributed by atoms with Crippen LogP contribution in [0.5, 0.6) is 0 Å². The van der Waals surface area contributed by atoms with Gasteiger partial charge in [0.05, 0.1) is 6.04 Å². The van der Waals surface area contributed by atoms with Crippen molar-refractivity contribution in [3.05, 3.63) is 72.1 Å². The van der Waals surface area contributed by atoms with Crippen molar-refractivity contribution >= 4 is 33.4 Å². The molecule has 3 heterocycles. The van der Waals surface area contributed by atoms with Gasteiger partial charge in [-0.1, -0.05) is 36.4 Å². The second-order valence-electron chi connectivity index (χ2n) is 7.40. The number of rotatable bonds is 4. The highest BCUT2D eigenvalue weighted by Crippen LogP contribution is 2.29. The van der Waals surface area contributed by atoms with Crippen LogP contribution >= 0.6 is 0 Å². The number of carbonyl (C=O) groups excluding carboxylic acids is 2. The number of H-pyrrole nitrogens is 2. The molecule has 2 aromatic carbocycles. The number of Topliss-reactive ketones (excluding diaryl/α,β-unsaturated/α-hetero) is 2. The molecule has 4 aromatic rings. The number of aromatic amines is 2. The monoisotopic (exact) mass is 371 g/mol. The van der Waals surface area contributed by atoms with E-state index >= 15 is 0 Å². The van der Waals surface area contributed by atoms with E-state index in [1.807, 2.05) is 48.5 Å². The first-order chi connectivity index (χ1) is 13.7. The average molecular weight is 371 g/mol. The number of carbonyl (C=O) groups is 2. The summed E-state index contributed by atoms with van der Waals surface area (Å²) in [7, 11) is 0. The molecule has 0 saturated carbocycles. The first kappa shape index (κ1) is 17.0. The lowest BCUT2D eigenvalue weighted by atomic mass is 9.81. The fourth-order valence-electron chi connectivity index (χ4n) is 4.36. The van der Waals surface area contributed by atoms with Gasteiger partial charge in [0.1, 0.15) is 0 Å². The largest absolute Gasteiger partial charge is 0.360 e. The number of nitrogens with one attached hydrogen (secondary N) is 3. The fourth-order valence-corrected chi connectivity index (χ4v) is 4.36. The van der Waals surface area contributed by atoms with Gasteiger partial charge in [-0.3, -0.25) is 9.59 Å². The minimum absolute atomic E-state index is 0.0182. The zero-order chi connectivity index (χ0) is 19.1. The van der Waals surface area contributed by atoms with Crippen molar-refractivity contribution in [1.82, 2.24) is 15.3 Å². The van der Waals surface area contributed by atoms with E-state index in [9.17, 15) is 9.59 Å². The van der Waals surface area contributed by atoms with E-state index in [0.29, 0.717) is 17.5 Å². The Balaban J connectivity index is 1.51. The number of piperidine rings is 1. The predicted octanol–water partition coefficient (Wildman–Crippen LogP) is 4.08. The van der Waals surface area contributed by atoms with Crippen LogP contribution in [0.2, 0.25) is 0 Å². The SMILES string of the molecule is O=C(c1c[nH]c2ccccc12)C1CCCNC1C(=O)c1c[nH]c2ccccc12. The second kappa shape index (κ2) is 6.77. The van der Waals surface area contributed by atoms with E-state index in [1.165, 1.54) is 0 Å². The fraction of sp³-hybridized carbons (Fsp3) is 0.217. The first-order valence-corrected chi connectivity index (χ1v) is 9.68. The number of fused-ring (bicyclic) bond motifs is 2. The van der Waals surface area contributed by atoms with Crippen LogP contribution in [0.25, 0.3) is 21.8 Å². The van der Waals surface area contributed by atoms with Crippen LogP contribution in [-0.4, -0.2) is 34.1 Å². The Morgan fingerprint density at radius 2 is 1.36 bits per heavy atom. The standard InChI is InChI=1S/C23H21N3O2/c27-22(17-12-25-19-9-3-1-6-14(17)19)16-8-5-11-24-21(16)23(28)18-13-26-20-10-4-2-7-15(18)20/h1-4,6-7,9-10,12-13,16,21,24-26H,5,8,11H2. The summed E-state index contributed by atoms with van der Waals surface area (Å²) in [6.45, 7) is 0.746. The predicted molar refractivity (Wildman–Crippen MR) is 110 cm³/mol. The quantitative estimate of drug-likeness (QED) is 0.473. The topological polar surface area (TPSA) is 77.8 Å². The molecule has 0 radical (unpaired) electrons. The van der Waals surface area contributed by atoms with Gasteiger partial charge >= 0.3 is 0 Å². The van der Waals surface area contributed by atoms with Gasteiger partial charge < -0.3 is 15.3 Å². The molecule has 0 spiro atoms. The lowest BCUT2D eigenvalue weighted by Gasteiger charge is -2.30. The summed E-state index contributed by atoms with van der Waals surface area (Å²) in [5.74, 6) is -0.354. The molecule has 5 heteroatoms. The van der Waals surface area contributed by atoms with Gasteiger partial charge in [0.25, 0.3) is 0 Å². The molecule has 0 bridgehead atoms. The van der Waals surface area contributed by atoms with Crippen LogP contribution in [-0.2, 0) is 0 Å². The van der Waals surface area contributed by atoms with E-state index in [2.05, 4.69) is 15.3 Å². The number of hydrogen-bond acceptors (Lipinski definition) is 3. The highest BCUT2D eigenvalue weighted by molar-refractivity contribution is 6.15. The Hall–Kier alpha value is -3.18. The van der Waals surface area contributed by atoms with Crippen molar-refractivity contribution in [2.24, 2.45) is 5.92 Å². The van der Waals surface area contributed by atoms with Crippen LogP contribution < -0.4 is 5.32 Å². The molecule has 2 atom stereocenters. The number of aromatic nitrogens is 2. The molecule has 1 aliphatic heterocycles. The maximum absolute atomic E-state index is 13.4. The van der Waals surface area contributed by atoms with Crippen LogP contribution in [0.15, 0.2) is 60.9 Å². The van der Waals surface area contributed by atoms with Crippen LogP contribution in [0.3, 0.4) is 0 Å². The van der Waals surface area contributed by atoms with Crippen LogP contribution in [0.1, 0.15) is 33.6 Å². The number of benzene rings is 2. The number of para-hydroxylation sites is 2. The van der Waals surface area contributed by atoms with Gasteiger partial charge in [-0.05, 0) is 31.5 Å². The summed E-state index contributed by atoms with van der Waals surface area (Å²) in [6, 6.07) is 15.0. The molecule has 2 unspecified atom stereocenters. The highest BCUT2D eigenvalue weighted by Gasteiger charge is 2.37. The van der Waals surface area contributed by atoms with Crippen LogP contribution in [0.4, 0.5) is 0 Å². The summed E-state index contributed by atoms with van der Waals surface area (Å²) in [5.41, 5.74) is 3.18. The molecule has 0 aliphatic carbocycles. The smallest absolute Gasteiger partial charge is 0.182 e. The number of ketones is 2. The zero-order valence-corrected chi connectivity index (χ0v) is 15.4. The summed E-state index contributed by atoms with van der Waals surface area (Å²) < 4.78 is 0. The minimum Gasteiger partial charge on any atom is -0.360 e. The molecule has 140 valence electrons. The van der Waals surface area contributed by atoms with Crippen molar-refractivity contribution in [3.63, 3.8) is 0 Å². The van der Waals surface area contributed by atoms with E-state index in [0.717, 1.165) is 34.8 Å². The van der Waals surface area contributed by atoms with Gasteiger partial charge in [0.15, 0.2) is 11.6 Å². The molecule has 28 heavy (non-hydrogen) atoms. The normalized spacial score (nSPS) is 19.9. The van der Waals surface area contributed by atoms with Crippen molar-refractivity contribution in [2.45, 2.75) is 18.9 Å². The maximum Gasteiger partial charge on any atom is 0.182 e. The zero-order valence-electron chi connectivity index (χ0n) is 15.4. The van der Waals surface area contributed by atoms with E-state index in [-0.39, 0.29) is 17.5 Å². The van der Waals surface area contributed by atoms with Crippen molar-refractivity contribution < 1.29 is 9.59 Å². The van der Waals surface area contributed by atoms with Gasteiger partial charge in [-0.25, -0.2) is 0 Å². The summed E-state index contributed by atoms with van der Waals surface area (Å²) in [4.78, 5) is 33.1. The average Bonchev–Trinajstić information content (AvgIpc) is 3.37. The third-order valence-electron chi connectivity index (χ3n) is 5.79. The summed E-state index contributed by atoms with van der Waals surface area (Å²) >= 11 is 0. The van der Waals surface area contributed by atoms with Crippen molar-refractivity contribution in [2.75, 3.05) is 6.54 Å². The Morgan fingerprint density at radius 3 is 2.00 bits per heavy atom. The Bertz CT molecular complexity index is 1090. The highest BCUT2D eigenvalue weighted by atomic mass is 16.1. The Labute approximate surface area is 162 Å². The third-order valence-corrected chi connectivity index (χ3v) is 5.79. The molecule has 3 N–H and O–H groups in total. The molecular formula is C23H21N3O2. The second-order valence-corrected chi connectivity index (χ2v) is 7.40. The molecular weight excluding hydrogens is 350 g/mol. The molecule has 1 aliphatic rings. The molecule has 2 aromatic heterocycles. The molecule has 1 saturated heterocycles. The maximum atomic E-state index is 13.4. The summed E-state index contributed by atoms with van der Waals surface area (Å²) in [5, 5.41) is 5.13. The van der Waals surface area contributed by atoms with Gasteiger partial charge in [-0.15, -0.1) is 0 Å². The Morgan fingerprint density at radius 1 is 0.786 bits per heavy atom. The van der Waals surface area contributed by atoms with Crippen molar-refractivity contribution in [3.8, 4) is 0 Å². The number of hydrogen-bond donors (Lipinski definition) is 3. The lowest BCUT2D eigenvalue weighted by Crippen LogP contribution is -2.49. The van der Waals surface area contributed by atoms with Gasteiger partial charge in [-0.2, -0.15) is 0 Å². The molecule has 5 nitrogen and oxygen atoms in total. The Kier molecular flexibility index (Phi) is 4.10. The first-order valence-electron chi connectivity index (χ1n) is 9.68. The van der Waals surface area contributed by atoms with Crippen molar-refractivity contribution in [1.29, 1.82) is 0 Å². The third kappa shape index (κ3) is 2.67. The van der Waals surface area contributed by atoms with E-state index in [1.54, 1.807) is 12.4 Å².